The highest BCUT2D eigenvalue weighted by atomic mass is 19.1. The first-order chi connectivity index (χ1) is 13.9. The molecule has 150 valence electrons. The van der Waals surface area contributed by atoms with Crippen LogP contribution in [0.4, 0.5) is 19.3 Å². The molecule has 1 saturated heterocycles. The number of benzene rings is 2. The second kappa shape index (κ2) is 7.62. The summed E-state index contributed by atoms with van der Waals surface area (Å²) in [4.78, 5) is 31.3. The summed E-state index contributed by atoms with van der Waals surface area (Å²) in [5, 5.41) is 3.05. The molecule has 8 heteroatoms. The quantitative estimate of drug-likeness (QED) is 0.713. The maximum atomic E-state index is 13.7. The van der Waals surface area contributed by atoms with Crippen LogP contribution in [-0.2, 0) is 0 Å². The molecule has 1 N–H and O–H groups in total. The number of hydrogen-bond acceptors (Lipinski definition) is 3. The summed E-state index contributed by atoms with van der Waals surface area (Å²) in [6, 6.07) is 8.02. The Labute approximate surface area is 165 Å². The number of aryl methyl sites for hydroxylation is 1. The number of fused-ring (bicyclic) bond motifs is 1. The summed E-state index contributed by atoms with van der Waals surface area (Å²) >= 11 is 0. The van der Waals surface area contributed by atoms with E-state index < -0.39 is 17.7 Å². The minimum absolute atomic E-state index is 0.0634. The largest absolute Gasteiger partial charge is 0.324 e. The number of nitrogens with zero attached hydrogens (tertiary/aromatic N) is 3. The molecule has 0 saturated carbocycles. The van der Waals surface area contributed by atoms with Gasteiger partial charge in [0.05, 0.1) is 22.9 Å². The third kappa shape index (κ3) is 3.70. The summed E-state index contributed by atoms with van der Waals surface area (Å²) in [5.41, 5.74) is 1.50. The summed E-state index contributed by atoms with van der Waals surface area (Å²) in [6.07, 6.45) is 2.74. The summed E-state index contributed by atoms with van der Waals surface area (Å²) in [6.45, 7) is 2.75. The van der Waals surface area contributed by atoms with Crippen molar-refractivity contribution in [2.75, 3.05) is 18.4 Å². The highest BCUT2D eigenvalue weighted by Gasteiger charge is 2.25. The molecule has 1 aliphatic heterocycles. The van der Waals surface area contributed by atoms with Crippen LogP contribution in [0.1, 0.15) is 24.4 Å². The summed E-state index contributed by atoms with van der Waals surface area (Å²) in [5.74, 6) is -1.52. The SMILES string of the molecule is Cc1cccc2c(=O)n(C3CCN(C(=O)Nc4ccc(F)cc4F)CC3)cnc12. The normalized spacial score (nSPS) is 14.9. The van der Waals surface area contributed by atoms with Crippen molar-refractivity contribution in [3.05, 3.63) is 70.3 Å². The number of carbonyl (C=O) groups is 1. The molecule has 0 spiro atoms. The van der Waals surface area contributed by atoms with Crippen LogP contribution in [0.5, 0.6) is 0 Å². The van der Waals surface area contributed by atoms with E-state index >= 15 is 0 Å². The van der Waals surface area contributed by atoms with Crippen LogP contribution in [-0.4, -0.2) is 33.6 Å². The molecule has 0 radical (unpaired) electrons. The Hall–Kier alpha value is -3.29. The van der Waals surface area contributed by atoms with Gasteiger partial charge in [0, 0.05) is 25.2 Å². The smallest absolute Gasteiger partial charge is 0.321 e. The van der Waals surface area contributed by atoms with E-state index in [1.165, 1.54) is 6.07 Å². The number of carbonyl (C=O) groups excluding carboxylic acids is 1. The van der Waals surface area contributed by atoms with Gasteiger partial charge in [-0.15, -0.1) is 0 Å². The fourth-order valence-corrected chi connectivity index (χ4v) is 3.71. The predicted molar refractivity (Wildman–Crippen MR) is 106 cm³/mol. The molecule has 2 aromatic carbocycles. The lowest BCUT2D eigenvalue weighted by Crippen LogP contribution is -2.43. The van der Waals surface area contributed by atoms with Crippen LogP contribution < -0.4 is 10.9 Å². The van der Waals surface area contributed by atoms with Gasteiger partial charge in [0.25, 0.3) is 5.56 Å². The standard InChI is InChI=1S/C21H20F2N4O2/c1-13-3-2-4-16-19(13)24-12-27(20(16)28)15-7-9-26(10-8-15)21(29)25-18-6-5-14(22)11-17(18)23/h2-6,11-12,15H,7-10H2,1H3,(H,25,29). The van der Waals surface area contributed by atoms with Crippen LogP contribution in [0.3, 0.4) is 0 Å². The number of urea groups is 1. The number of likely N-dealkylation sites (tertiary alicyclic amines) is 1. The lowest BCUT2D eigenvalue weighted by Gasteiger charge is -2.32. The third-order valence-corrected chi connectivity index (χ3v) is 5.33. The fraction of sp³-hybridized carbons (Fsp3) is 0.286. The molecule has 4 rings (SSSR count). The first kappa shape index (κ1) is 19.0. The highest BCUT2D eigenvalue weighted by molar-refractivity contribution is 5.89. The van der Waals surface area contributed by atoms with Crippen LogP contribution in [0.25, 0.3) is 10.9 Å². The number of para-hydroxylation sites is 1. The molecule has 1 aliphatic rings. The minimum Gasteiger partial charge on any atom is -0.324 e. The Morgan fingerprint density at radius 2 is 1.93 bits per heavy atom. The number of nitrogens with one attached hydrogen (secondary N) is 1. The van der Waals surface area contributed by atoms with Crippen molar-refractivity contribution in [2.24, 2.45) is 0 Å². The zero-order valence-electron chi connectivity index (χ0n) is 15.9. The van der Waals surface area contributed by atoms with Gasteiger partial charge < -0.3 is 10.2 Å². The molecule has 2 heterocycles. The van der Waals surface area contributed by atoms with Crippen molar-refractivity contribution in [3.8, 4) is 0 Å². The first-order valence-electron chi connectivity index (χ1n) is 9.41. The molecule has 0 bridgehead atoms. The average Bonchev–Trinajstić information content (AvgIpc) is 2.71. The van der Waals surface area contributed by atoms with E-state index in [9.17, 15) is 18.4 Å². The number of rotatable bonds is 2. The van der Waals surface area contributed by atoms with Crippen molar-refractivity contribution < 1.29 is 13.6 Å². The van der Waals surface area contributed by atoms with E-state index in [2.05, 4.69) is 10.3 Å². The van der Waals surface area contributed by atoms with E-state index in [-0.39, 0.29) is 17.3 Å². The molecule has 2 amide bonds. The zero-order chi connectivity index (χ0) is 20.5. The van der Waals surface area contributed by atoms with Crippen molar-refractivity contribution >= 4 is 22.6 Å². The van der Waals surface area contributed by atoms with Gasteiger partial charge in [0.15, 0.2) is 0 Å². The number of amides is 2. The van der Waals surface area contributed by atoms with E-state index in [4.69, 9.17) is 0 Å². The van der Waals surface area contributed by atoms with Gasteiger partial charge in [0.2, 0.25) is 0 Å². The second-order valence-corrected chi connectivity index (χ2v) is 7.20. The molecular formula is C21H20F2N4O2. The third-order valence-electron chi connectivity index (χ3n) is 5.33. The topological polar surface area (TPSA) is 67.2 Å². The summed E-state index contributed by atoms with van der Waals surface area (Å²) in [7, 11) is 0. The molecule has 0 aliphatic carbocycles. The monoisotopic (exact) mass is 398 g/mol. The predicted octanol–water partition coefficient (Wildman–Crippen LogP) is 3.85. The maximum Gasteiger partial charge on any atom is 0.321 e. The van der Waals surface area contributed by atoms with Gasteiger partial charge in [-0.2, -0.15) is 0 Å². The first-order valence-corrected chi connectivity index (χ1v) is 9.41. The number of aromatic nitrogens is 2. The Bertz CT molecular complexity index is 1140. The van der Waals surface area contributed by atoms with Crippen molar-refractivity contribution in [1.82, 2.24) is 14.5 Å². The fourth-order valence-electron chi connectivity index (χ4n) is 3.71. The Morgan fingerprint density at radius 3 is 2.66 bits per heavy atom. The lowest BCUT2D eigenvalue weighted by atomic mass is 10.0. The Kier molecular flexibility index (Phi) is 5.00. The van der Waals surface area contributed by atoms with Gasteiger partial charge >= 0.3 is 6.03 Å². The molecule has 6 nitrogen and oxygen atoms in total. The number of piperidine rings is 1. The van der Waals surface area contributed by atoms with Gasteiger partial charge in [-0.1, -0.05) is 12.1 Å². The van der Waals surface area contributed by atoms with E-state index in [0.717, 1.165) is 17.7 Å². The van der Waals surface area contributed by atoms with Crippen LogP contribution in [0.15, 0.2) is 47.5 Å². The Morgan fingerprint density at radius 1 is 1.17 bits per heavy atom. The van der Waals surface area contributed by atoms with Crippen LogP contribution in [0.2, 0.25) is 0 Å². The van der Waals surface area contributed by atoms with E-state index in [1.807, 2.05) is 19.1 Å². The van der Waals surface area contributed by atoms with Gasteiger partial charge in [-0.25, -0.2) is 18.6 Å². The van der Waals surface area contributed by atoms with E-state index in [1.54, 1.807) is 21.9 Å². The van der Waals surface area contributed by atoms with Crippen molar-refractivity contribution in [1.29, 1.82) is 0 Å². The van der Waals surface area contributed by atoms with Gasteiger partial charge in [-0.05, 0) is 43.5 Å². The number of hydrogen-bond donors (Lipinski definition) is 1. The minimum atomic E-state index is -0.822. The van der Waals surface area contributed by atoms with Crippen LogP contribution >= 0.6 is 0 Å². The maximum absolute atomic E-state index is 13.7. The zero-order valence-corrected chi connectivity index (χ0v) is 15.9. The number of halogens is 2. The molecule has 29 heavy (non-hydrogen) atoms. The second-order valence-electron chi connectivity index (χ2n) is 7.20. The van der Waals surface area contributed by atoms with Gasteiger partial charge in [-0.3, -0.25) is 9.36 Å². The van der Waals surface area contributed by atoms with E-state index in [0.29, 0.717) is 36.8 Å². The molecular weight excluding hydrogens is 378 g/mol. The number of anilines is 1. The molecule has 1 fully saturated rings. The average molecular weight is 398 g/mol. The van der Waals surface area contributed by atoms with Crippen LogP contribution in [0, 0.1) is 18.6 Å². The lowest BCUT2D eigenvalue weighted by molar-refractivity contribution is 0.182. The Balaban J connectivity index is 1.45. The van der Waals surface area contributed by atoms with Crippen molar-refractivity contribution in [3.63, 3.8) is 0 Å². The molecule has 1 aromatic heterocycles. The molecule has 3 aromatic rings. The van der Waals surface area contributed by atoms with Gasteiger partial charge in [0.1, 0.15) is 11.6 Å². The molecule has 0 atom stereocenters. The molecule has 0 unspecified atom stereocenters. The van der Waals surface area contributed by atoms with Crippen molar-refractivity contribution in [2.45, 2.75) is 25.8 Å². The summed E-state index contributed by atoms with van der Waals surface area (Å²) < 4.78 is 28.4. The highest BCUT2D eigenvalue weighted by Crippen LogP contribution is 2.23.